The normalized spacial score (nSPS) is 10.6. The molecule has 0 atom stereocenters. The van der Waals surface area contributed by atoms with Crippen molar-refractivity contribution in [3.8, 4) is 0 Å². The van der Waals surface area contributed by atoms with E-state index >= 15 is 0 Å². The van der Waals surface area contributed by atoms with Gasteiger partial charge in [-0.05, 0) is 36.4 Å². The van der Waals surface area contributed by atoms with Gasteiger partial charge in [-0.15, -0.1) is 11.3 Å². The minimum absolute atomic E-state index is 0.0467. The zero-order valence-corrected chi connectivity index (χ0v) is 17.1. The van der Waals surface area contributed by atoms with Crippen LogP contribution >= 0.6 is 23.1 Å². The molecule has 2 N–H and O–H groups in total. The number of rotatable bonds is 8. The first-order valence-electron chi connectivity index (χ1n) is 8.73. The summed E-state index contributed by atoms with van der Waals surface area (Å²) in [7, 11) is 0. The number of hydrogen-bond acceptors (Lipinski definition) is 5. The van der Waals surface area contributed by atoms with Crippen molar-refractivity contribution in [3.05, 3.63) is 76.6 Å². The molecule has 0 saturated carbocycles. The van der Waals surface area contributed by atoms with Gasteiger partial charge in [0, 0.05) is 23.2 Å². The Labute approximate surface area is 178 Å². The second-order valence-corrected chi connectivity index (χ2v) is 8.18. The monoisotopic (exact) mass is 451 g/mol. The second-order valence-electron chi connectivity index (χ2n) is 6.10. The molecule has 0 aliphatic heterocycles. The first-order chi connectivity index (χ1) is 14.4. The van der Waals surface area contributed by atoms with E-state index < -0.39 is 17.5 Å². The van der Waals surface area contributed by atoms with Crippen LogP contribution in [0.5, 0.6) is 0 Å². The van der Waals surface area contributed by atoms with Crippen molar-refractivity contribution in [1.29, 1.82) is 0 Å². The van der Waals surface area contributed by atoms with Crippen molar-refractivity contribution in [3.63, 3.8) is 0 Å². The molecule has 10 heteroatoms. The number of amides is 2. The average molecular weight is 451 g/mol. The van der Waals surface area contributed by atoms with Gasteiger partial charge in [0.2, 0.25) is 11.8 Å². The Bertz CT molecular complexity index is 1020. The minimum atomic E-state index is -0.721. The van der Waals surface area contributed by atoms with Gasteiger partial charge >= 0.3 is 0 Å². The number of anilines is 1. The number of aromatic nitrogens is 1. The SMILES string of the molecule is O=C(Cc1csc(SCC(=O)Nc2ccc(F)cc2)n1)NCc1c(F)cccc1F. The predicted molar refractivity (Wildman–Crippen MR) is 110 cm³/mol. The Morgan fingerprint density at radius 2 is 1.70 bits per heavy atom. The molecule has 2 amide bonds. The van der Waals surface area contributed by atoms with E-state index in [1.807, 2.05) is 0 Å². The van der Waals surface area contributed by atoms with Gasteiger partial charge in [0.1, 0.15) is 17.5 Å². The van der Waals surface area contributed by atoms with Crippen LogP contribution in [0.25, 0.3) is 0 Å². The summed E-state index contributed by atoms with van der Waals surface area (Å²) in [5.41, 5.74) is 0.783. The van der Waals surface area contributed by atoms with E-state index in [9.17, 15) is 22.8 Å². The summed E-state index contributed by atoms with van der Waals surface area (Å²) in [6, 6.07) is 8.94. The van der Waals surface area contributed by atoms with E-state index in [0.717, 1.165) is 12.1 Å². The highest BCUT2D eigenvalue weighted by Gasteiger charge is 2.13. The van der Waals surface area contributed by atoms with Crippen LogP contribution in [0.2, 0.25) is 0 Å². The fraction of sp³-hybridized carbons (Fsp3) is 0.150. The highest BCUT2D eigenvalue weighted by molar-refractivity contribution is 8.01. The molecule has 0 bridgehead atoms. The van der Waals surface area contributed by atoms with Crippen LogP contribution in [0, 0.1) is 17.5 Å². The van der Waals surface area contributed by atoms with Crippen LogP contribution in [-0.2, 0) is 22.6 Å². The molecule has 0 spiro atoms. The van der Waals surface area contributed by atoms with Crippen LogP contribution in [0.1, 0.15) is 11.3 Å². The summed E-state index contributed by atoms with van der Waals surface area (Å²) in [4.78, 5) is 28.3. The minimum Gasteiger partial charge on any atom is -0.351 e. The first kappa shape index (κ1) is 21.8. The zero-order chi connectivity index (χ0) is 21.5. The van der Waals surface area contributed by atoms with E-state index in [1.165, 1.54) is 53.4 Å². The molecule has 0 unspecified atom stereocenters. The van der Waals surface area contributed by atoms with Gasteiger partial charge in [0.15, 0.2) is 4.34 Å². The Kier molecular flexibility index (Phi) is 7.47. The quantitative estimate of drug-likeness (QED) is 0.505. The maximum Gasteiger partial charge on any atom is 0.234 e. The number of benzene rings is 2. The number of carbonyl (C=O) groups excluding carboxylic acids is 2. The summed E-state index contributed by atoms with van der Waals surface area (Å²) >= 11 is 2.49. The van der Waals surface area contributed by atoms with Crippen molar-refractivity contribution in [2.45, 2.75) is 17.3 Å². The summed E-state index contributed by atoms with van der Waals surface area (Å²) in [6.07, 6.45) is -0.0467. The summed E-state index contributed by atoms with van der Waals surface area (Å²) in [5, 5.41) is 6.80. The summed E-state index contributed by atoms with van der Waals surface area (Å²) in [6.45, 7) is -0.257. The standard InChI is InChI=1S/C20H16F3N3O2S2/c21-12-4-6-13(7-5-12)25-19(28)11-30-20-26-14(10-29-20)8-18(27)24-9-15-16(22)2-1-3-17(15)23/h1-7,10H,8-9,11H2,(H,24,27)(H,25,28). The molecule has 3 rings (SSSR count). The molecule has 0 aliphatic rings. The van der Waals surface area contributed by atoms with E-state index in [2.05, 4.69) is 15.6 Å². The van der Waals surface area contributed by atoms with Gasteiger partial charge in [-0.3, -0.25) is 9.59 Å². The third-order valence-electron chi connectivity index (χ3n) is 3.85. The highest BCUT2D eigenvalue weighted by atomic mass is 32.2. The lowest BCUT2D eigenvalue weighted by molar-refractivity contribution is -0.120. The number of nitrogens with one attached hydrogen (secondary N) is 2. The molecule has 0 aliphatic carbocycles. The third kappa shape index (κ3) is 6.33. The Balaban J connectivity index is 1.44. The summed E-state index contributed by atoms with van der Waals surface area (Å²) < 4.78 is 40.6. The number of hydrogen-bond donors (Lipinski definition) is 2. The Hall–Kier alpha value is -2.85. The van der Waals surface area contributed by atoms with E-state index in [0.29, 0.717) is 15.7 Å². The fourth-order valence-electron chi connectivity index (χ4n) is 2.41. The van der Waals surface area contributed by atoms with E-state index in [1.54, 1.807) is 5.38 Å². The number of halogens is 3. The maximum atomic E-state index is 13.6. The molecule has 30 heavy (non-hydrogen) atoms. The van der Waals surface area contributed by atoms with Crippen LogP contribution in [0.15, 0.2) is 52.2 Å². The van der Waals surface area contributed by atoms with Crippen molar-refractivity contribution in [1.82, 2.24) is 10.3 Å². The van der Waals surface area contributed by atoms with Gasteiger partial charge < -0.3 is 10.6 Å². The van der Waals surface area contributed by atoms with Gasteiger partial charge in [0.25, 0.3) is 0 Å². The van der Waals surface area contributed by atoms with Crippen LogP contribution in [0.4, 0.5) is 18.9 Å². The lowest BCUT2D eigenvalue weighted by atomic mass is 10.2. The lowest BCUT2D eigenvalue weighted by Crippen LogP contribution is -2.25. The zero-order valence-electron chi connectivity index (χ0n) is 15.5. The van der Waals surface area contributed by atoms with Crippen molar-refractivity contribution in [2.24, 2.45) is 0 Å². The molecule has 3 aromatic rings. The molecular weight excluding hydrogens is 435 g/mol. The highest BCUT2D eigenvalue weighted by Crippen LogP contribution is 2.23. The molecule has 1 heterocycles. The molecule has 2 aromatic carbocycles. The van der Waals surface area contributed by atoms with Gasteiger partial charge in [0.05, 0.1) is 17.9 Å². The molecule has 0 fully saturated rings. The number of thioether (sulfide) groups is 1. The van der Waals surface area contributed by atoms with E-state index in [4.69, 9.17) is 0 Å². The second kappa shape index (κ2) is 10.3. The van der Waals surface area contributed by atoms with Gasteiger partial charge in [-0.25, -0.2) is 18.2 Å². The first-order valence-corrected chi connectivity index (χ1v) is 10.6. The number of carbonyl (C=O) groups is 2. The van der Waals surface area contributed by atoms with Crippen LogP contribution in [-0.4, -0.2) is 22.6 Å². The maximum absolute atomic E-state index is 13.6. The molecule has 156 valence electrons. The molecular formula is C20H16F3N3O2S2. The number of thiazole rings is 1. The molecule has 0 radical (unpaired) electrons. The largest absolute Gasteiger partial charge is 0.351 e. The van der Waals surface area contributed by atoms with Crippen LogP contribution < -0.4 is 10.6 Å². The van der Waals surface area contributed by atoms with Crippen molar-refractivity contribution in [2.75, 3.05) is 11.1 Å². The van der Waals surface area contributed by atoms with Crippen LogP contribution in [0.3, 0.4) is 0 Å². The van der Waals surface area contributed by atoms with Crippen molar-refractivity contribution >= 4 is 40.6 Å². The Morgan fingerprint density at radius 3 is 2.40 bits per heavy atom. The van der Waals surface area contributed by atoms with Gasteiger partial charge in [-0.2, -0.15) is 0 Å². The smallest absolute Gasteiger partial charge is 0.234 e. The summed E-state index contributed by atoms with van der Waals surface area (Å²) in [5.74, 6) is -2.42. The Morgan fingerprint density at radius 1 is 1.00 bits per heavy atom. The van der Waals surface area contributed by atoms with Crippen molar-refractivity contribution < 1.29 is 22.8 Å². The third-order valence-corrected chi connectivity index (χ3v) is 5.92. The molecule has 5 nitrogen and oxygen atoms in total. The lowest BCUT2D eigenvalue weighted by Gasteiger charge is -2.06. The fourth-order valence-corrected chi connectivity index (χ4v) is 4.05. The van der Waals surface area contributed by atoms with E-state index in [-0.39, 0.29) is 36.0 Å². The van der Waals surface area contributed by atoms with Gasteiger partial charge in [-0.1, -0.05) is 17.8 Å². The topological polar surface area (TPSA) is 71.1 Å². The predicted octanol–water partition coefficient (Wildman–Crippen LogP) is 4.15. The molecule has 0 saturated heterocycles. The average Bonchev–Trinajstić information content (AvgIpc) is 3.15. The number of nitrogens with zero attached hydrogens (tertiary/aromatic N) is 1. The molecule has 1 aromatic heterocycles.